The highest BCUT2D eigenvalue weighted by Gasteiger charge is 2.23. The molecule has 0 bridgehead atoms. The minimum absolute atomic E-state index is 0.271. The number of anilines is 1. The normalized spacial score (nSPS) is 19.9. The van der Waals surface area contributed by atoms with Gasteiger partial charge in [0.25, 0.3) is 0 Å². The second kappa shape index (κ2) is 4.42. The Labute approximate surface area is 102 Å². The molecule has 1 fully saturated rings. The molecule has 0 radical (unpaired) electrons. The number of ether oxygens (including phenoxy) is 1. The Morgan fingerprint density at radius 1 is 1.47 bits per heavy atom. The third-order valence-electron chi connectivity index (χ3n) is 2.68. The summed E-state index contributed by atoms with van der Waals surface area (Å²) in [5, 5.41) is 6.44. The SMILES string of the molecule is Nc1nc(Cc2nc(C3CCOC3)no2)cs1. The van der Waals surface area contributed by atoms with E-state index in [-0.39, 0.29) is 5.92 Å². The lowest BCUT2D eigenvalue weighted by Gasteiger charge is -1.97. The van der Waals surface area contributed by atoms with Crippen LogP contribution in [0.25, 0.3) is 0 Å². The molecular formula is C10H12N4O2S. The van der Waals surface area contributed by atoms with E-state index < -0.39 is 0 Å². The van der Waals surface area contributed by atoms with Gasteiger partial charge in [-0.05, 0) is 6.42 Å². The summed E-state index contributed by atoms with van der Waals surface area (Å²) in [6.07, 6.45) is 1.50. The first-order valence-electron chi connectivity index (χ1n) is 5.41. The summed E-state index contributed by atoms with van der Waals surface area (Å²) in [4.78, 5) is 8.52. The molecule has 3 heterocycles. The van der Waals surface area contributed by atoms with Crippen molar-refractivity contribution in [2.75, 3.05) is 18.9 Å². The predicted molar refractivity (Wildman–Crippen MR) is 61.8 cm³/mol. The molecule has 1 aliphatic heterocycles. The van der Waals surface area contributed by atoms with Crippen molar-refractivity contribution in [2.45, 2.75) is 18.8 Å². The maximum absolute atomic E-state index is 5.56. The maximum Gasteiger partial charge on any atom is 0.232 e. The van der Waals surface area contributed by atoms with Gasteiger partial charge in [0, 0.05) is 17.9 Å². The zero-order valence-electron chi connectivity index (χ0n) is 9.13. The van der Waals surface area contributed by atoms with Gasteiger partial charge in [0.05, 0.1) is 18.7 Å². The Balaban J connectivity index is 1.71. The Morgan fingerprint density at radius 2 is 2.41 bits per heavy atom. The molecule has 2 aromatic heterocycles. The van der Waals surface area contributed by atoms with Gasteiger partial charge in [-0.1, -0.05) is 5.16 Å². The van der Waals surface area contributed by atoms with Crippen LogP contribution >= 0.6 is 11.3 Å². The molecule has 1 saturated heterocycles. The van der Waals surface area contributed by atoms with E-state index in [9.17, 15) is 0 Å². The Hall–Kier alpha value is -1.47. The van der Waals surface area contributed by atoms with Crippen LogP contribution < -0.4 is 5.73 Å². The lowest BCUT2D eigenvalue weighted by molar-refractivity contribution is 0.192. The standard InChI is InChI=1S/C10H12N4O2S/c11-10-12-7(5-17-10)3-8-13-9(14-16-8)6-1-2-15-4-6/h5-6H,1-4H2,(H2,11,12). The van der Waals surface area contributed by atoms with Crippen LogP contribution in [0, 0.1) is 0 Å². The molecule has 2 aromatic rings. The Bertz CT molecular complexity index is 504. The lowest BCUT2D eigenvalue weighted by atomic mass is 10.1. The zero-order valence-corrected chi connectivity index (χ0v) is 9.94. The smallest absolute Gasteiger partial charge is 0.232 e. The number of aromatic nitrogens is 3. The first-order valence-corrected chi connectivity index (χ1v) is 6.29. The van der Waals surface area contributed by atoms with E-state index in [2.05, 4.69) is 15.1 Å². The summed E-state index contributed by atoms with van der Waals surface area (Å²) < 4.78 is 10.5. The minimum atomic E-state index is 0.271. The third kappa shape index (κ3) is 2.29. The fourth-order valence-corrected chi connectivity index (χ4v) is 2.37. The van der Waals surface area contributed by atoms with E-state index in [1.54, 1.807) is 0 Å². The molecular weight excluding hydrogens is 240 g/mol. The van der Waals surface area contributed by atoms with Crippen LogP contribution in [0.3, 0.4) is 0 Å². The Morgan fingerprint density at radius 3 is 3.12 bits per heavy atom. The van der Waals surface area contributed by atoms with Gasteiger partial charge in [0.15, 0.2) is 11.0 Å². The fourth-order valence-electron chi connectivity index (χ4n) is 1.80. The number of hydrogen-bond acceptors (Lipinski definition) is 7. The molecule has 7 heteroatoms. The van der Waals surface area contributed by atoms with Crippen LogP contribution in [0.5, 0.6) is 0 Å². The van der Waals surface area contributed by atoms with Crippen molar-refractivity contribution in [3.63, 3.8) is 0 Å². The van der Waals surface area contributed by atoms with Crippen LogP contribution in [0.15, 0.2) is 9.90 Å². The largest absolute Gasteiger partial charge is 0.381 e. The van der Waals surface area contributed by atoms with Crippen molar-refractivity contribution >= 4 is 16.5 Å². The van der Waals surface area contributed by atoms with Gasteiger partial charge in [-0.15, -0.1) is 11.3 Å². The van der Waals surface area contributed by atoms with Gasteiger partial charge in [-0.2, -0.15) is 4.98 Å². The minimum Gasteiger partial charge on any atom is -0.381 e. The van der Waals surface area contributed by atoms with Gasteiger partial charge in [0.2, 0.25) is 5.89 Å². The van der Waals surface area contributed by atoms with E-state index in [1.165, 1.54) is 11.3 Å². The summed E-state index contributed by atoms with van der Waals surface area (Å²) in [5.41, 5.74) is 6.43. The van der Waals surface area contributed by atoms with Gasteiger partial charge < -0.3 is 15.0 Å². The monoisotopic (exact) mass is 252 g/mol. The van der Waals surface area contributed by atoms with Crippen LogP contribution in [-0.2, 0) is 11.2 Å². The van der Waals surface area contributed by atoms with Crippen LogP contribution in [0.1, 0.15) is 29.7 Å². The van der Waals surface area contributed by atoms with E-state index in [4.69, 9.17) is 15.0 Å². The van der Waals surface area contributed by atoms with Crippen molar-refractivity contribution < 1.29 is 9.26 Å². The van der Waals surface area contributed by atoms with Crippen LogP contribution in [0.4, 0.5) is 5.13 Å². The summed E-state index contributed by atoms with van der Waals surface area (Å²) in [6, 6.07) is 0. The molecule has 17 heavy (non-hydrogen) atoms. The average molecular weight is 252 g/mol. The van der Waals surface area contributed by atoms with Gasteiger partial charge in [-0.25, -0.2) is 4.98 Å². The van der Waals surface area contributed by atoms with Gasteiger partial charge in [0.1, 0.15) is 0 Å². The highest BCUT2D eigenvalue weighted by atomic mass is 32.1. The van der Waals surface area contributed by atoms with Crippen molar-refractivity contribution in [3.05, 3.63) is 22.8 Å². The molecule has 0 saturated carbocycles. The van der Waals surface area contributed by atoms with Crippen LogP contribution in [0.2, 0.25) is 0 Å². The third-order valence-corrected chi connectivity index (χ3v) is 3.40. The maximum atomic E-state index is 5.56. The molecule has 6 nitrogen and oxygen atoms in total. The second-order valence-corrected chi connectivity index (χ2v) is 4.85. The van der Waals surface area contributed by atoms with Gasteiger partial charge in [-0.3, -0.25) is 0 Å². The molecule has 0 aliphatic carbocycles. The molecule has 1 unspecified atom stereocenters. The van der Waals surface area contributed by atoms with E-state index in [0.717, 1.165) is 24.5 Å². The molecule has 90 valence electrons. The molecule has 2 N–H and O–H groups in total. The summed E-state index contributed by atoms with van der Waals surface area (Å²) in [7, 11) is 0. The van der Waals surface area contributed by atoms with Crippen molar-refractivity contribution in [3.8, 4) is 0 Å². The van der Waals surface area contributed by atoms with Crippen molar-refractivity contribution in [2.24, 2.45) is 0 Å². The predicted octanol–water partition coefficient (Wildman–Crippen LogP) is 1.20. The Kier molecular flexibility index (Phi) is 2.77. The van der Waals surface area contributed by atoms with E-state index >= 15 is 0 Å². The lowest BCUT2D eigenvalue weighted by Crippen LogP contribution is -2.00. The average Bonchev–Trinajstić information content (AvgIpc) is 3.00. The number of nitrogens with zero attached hydrogens (tertiary/aromatic N) is 3. The number of thiazole rings is 1. The summed E-state index contributed by atoms with van der Waals surface area (Å²) >= 11 is 1.41. The summed E-state index contributed by atoms with van der Waals surface area (Å²) in [5.74, 6) is 1.59. The second-order valence-electron chi connectivity index (χ2n) is 3.96. The number of hydrogen-bond donors (Lipinski definition) is 1. The molecule has 1 atom stereocenters. The zero-order chi connectivity index (χ0) is 11.7. The molecule has 3 rings (SSSR count). The quantitative estimate of drug-likeness (QED) is 0.883. The molecule has 0 amide bonds. The van der Waals surface area contributed by atoms with Crippen molar-refractivity contribution in [1.29, 1.82) is 0 Å². The highest BCUT2D eigenvalue weighted by Crippen LogP contribution is 2.23. The molecule has 0 spiro atoms. The number of rotatable bonds is 3. The first-order chi connectivity index (χ1) is 8.31. The number of nitrogen functional groups attached to an aromatic ring is 1. The molecule has 1 aliphatic rings. The first kappa shape index (κ1) is 10.7. The van der Waals surface area contributed by atoms with E-state index in [0.29, 0.717) is 24.0 Å². The molecule has 0 aromatic carbocycles. The van der Waals surface area contributed by atoms with Gasteiger partial charge >= 0.3 is 0 Å². The van der Waals surface area contributed by atoms with E-state index in [1.807, 2.05) is 5.38 Å². The number of nitrogens with two attached hydrogens (primary N) is 1. The topological polar surface area (TPSA) is 87.1 Å². The highest BCUT2D eigenvalue weighted by molar-refractivity contribution is 7.13. The van der Waals surface area contributed by atoms with Crippen molar-refractivity contribution in [1.82, 2.24) is 15.1 Å². The summed E-state index contributed by atoms with van der Waals surface area (Å²) in [6.45, 7) is 1.46. The van der Waals surface area contributed by atoms with Crippen LogP contribution in [-0.4, -0.2) is 28.3 Å². The fraction of sp³-hybridized carbons (Fsp3) is 0.500.